The predicted molar refractivity (Wildman–Crippen MR) is 118 cm³/mol. The first-order valence-electron chi connectivity index (χ1n) is 9.39. The second-order valence-corrected chi connectivity index (χ2v) is 6.67. The Hall–Kier alpha value is -4.06. The molecule has 0 aliphatic carbocycles. The van der Waals surface area contributed by atoms with Crippen LogP contribution in [0.4, 0.5) is 5.69 Å². The van der Waals surface area contributed by atoms with Gasteiger partial charge in [-0.15, -0.1) is 0 Å². The summed E-state index contributed by atoms with van der Waals surface area (Å²) in [6.45, 7) is 0. The lowest BCUT2D eigenvalue weighted by Crippen LogP contribution is -2.17. The number of amides is 2. The highest BCUT2D eigenvalue weighted by molar-refractivity contribution is 6.09. The normalized spacial score (nSPS) is 11.1. The SMILES string of the molecule is CNC(=O)c1ccc(/C=C/C(=O)Nc2cc3oc4ccccc4c3cc2OC)cc1. The summed E-state index contributed by atoms with van der Waals surface area (Å²) in [5.41, 5.74) is 3.33. The Morgan fingerprint density at radius 1 is 0.967 bits per heavy atom. The molecule has 0 unspecified atom stereocenters. The maximum absolute atomic E-state index is 12.4. The van der Waals surface area contributed by atoms with Crippen LogP contribution in [0.2, 0.25) is 0 Å². The number of hydrogen-bond acceptors (Lipinski definition) is 4. The largest absolute Gasteiger partial charge is 0.495 e. The summed E-state index contributed by atoms with van der Waals surface area (Å²) in [6.07, 6.45) is 3.10. The highest BCUT2D eigenvalue weighted by Gasteiger charge is 2.13. The van der Waals surface area contributed by atoms with Crippen molar-refractivity contribution in [2.75, 3.05) is 19.5 Å². The summed E-state index contributed by atoms with van der Waals surface area (Å²) < 4.78 is 11.3. The molecule has 0 radical (unpaired) electrons. The molecule has 150 valence electrons. The van der Waals surface area contributed by atoms with Gasteiger partial charge in [-0.1, -0.05) is 30.3 Å². The third kappa shape index (κ3) is 3.75. The van der Waals surface area contributed by atoms with Crippen LogP contribution in [-0.4, -0.2) is 26.0 Å². The number of methoxy groups -OCH3 is 1. The molecule has 0 atom stereocenters. The molecule has 3 aromatic carbocycles. The summed E-state index contributed by atoms with van der Waals surface area (Å²) in [5.74, 6) is 0.0845. The van der Waals surface area contributed by atoms with Gasteiger partial charge in [0, 0.05) is 35.5 Å². The van der Waals surface area contributed by atoms with E-state index >= 15 is 0 Å². The van der Waals surface area contributed by atoms with Crippen LogP contribution >= 0.6 is 0 Å². The Labute approximate surface area is 173 Å². The minimum Gasteiger partial charge on any atom is -0.495 e. The van der Waals surface area contributed by atoms with Crippen molar-refractivity contribution < 1.29 is 18.7 Å². The van der Waals surface area contributed by atoms with Crippen molar-refractivity contribution in [2.45, 2.75) is 0 Å². The Kier molecular flexibility index (Phi) is 5.22. The first-order chi connectivity index (χ1) is 14.6. The summed E-state index contributed by atoms with van der Waals surface area (Å²) in [5, 5.41) is 7.31. The number of ether oxygens (including phenoxy) is 1. The van der Waals surface area contributed by atoms with Gasteiger partial charge in [-0.05, 0) is 35.9 Å². The third-order valence-electron chi connectivity index (χ3n) is 4.78. The zero-order chi connectivity index (χ0) is 21.1. The van der Waals surface area contributed by atoms with Gasteiger partial charge in [0.05, 0.1) is 12.8 Å². The Bertz CT molecular complexity index is 1270. The Morgan fingerprint density at radius 3 is 2.47 bits per heavy atom. The van der Waals surface area contributed by atoms with E-state index in [1.54, 1.807) is 50.6 Å². The van der Waals surface area contributed by atoms with Crippen molar-refractivity contribution in [3.8, 4) is 5.75 Å². The Morgan fingerprint density at radius 2 is 1.73 bits per heavy atom. The van der Waals surface area contributed by atoms with Gasteiger partial charge in [0.15, 0.2) is 0 Å². The molecule has 0 fully saturated rings. The van der Waals surface area contributed by atoms with Crippen LogP contribution in [0.15, 0.2) is 71.2 Å². The molecule has 1 aromatic heterocycles. The molecule has 0 aliphatic heterocycles. The fourth-order valence-electron chi connectivity index (χ4n) is 3.25. The lowest BCUT2D eigenvalue weighted by atomic mass is 10.1. The molecule has 0 spiro atoms. The fourth-order valence-corrected chi connectivity index (χ4v) is 3.25. The van der Waals surface area contributed by atoms with Gasteiger partial charge in [-0.25, -0.2) is 0 Å². The molecule has 30 heavy (non-hydrogen) atoms. The summed E-state index contributed by atoms with van der Waals surface area (Å²) in [7, 11) is 3.14. The summed E-state index contributed by atoms with van der Waals surface area (Å²) in [6, 6.07) is 18.3. The number of benzene rings is 3. The zero-order valence-electron chi connectivity index (χ0n) is 16.6. The number of hydrogen-bond donors (Lipinski definition) is 2. The second kappa shape index (κ2) is 8.13. The standard InChI is InChI=1S/C24H20N2O4/c1-25-24(28)16-10-7-15(8-11-16)9-12-23(27)26-19-14-21-18(13-22(19)29-2)17-5-3-4-6-20(17)30-21/h3-14H,1-2H3,(H,25,28)(H,26,27)/b12-9+. The molecule has 0 saturated heterocycles. The number of furan rings is 1. The van der Waals surface area contributed by atoms with Crippen molar-refractivity contribution in [1.29, 1.82) is 0 Å². The maximum atomic E-state index is 12.4. The van der Waals surface area contributed by atoms with Gasteiger partial charge in [0.2, 0.25) is 5.91 Å². The van der Waals surface area contributed by atoms with E-state index < -0.39 is 0 Å². The minimum atomic E-state index is -0.306. The number of anilines is 1. The highest BCUT2D eigenvalue weighted by atomic mass is 16.5. The van der Waals surface area contributed by atoms with E-state index in [2.05, 4.69) is 10.6 Å². The van der Waals surface area contributed by atoms with Crippen LogP contribution in [0.1, 0.15) is 15.9 Å². The van der Waals surface area contributed by atoms with Crippen LogP contribution in [0.3, 0.4) is 0 Å². The first kappa shape index (κ1) is 19.3. The van der Waals surface area contributed by atoms with Crippen LogP contribution in [0, 0.1) is 0 Å². The van der Waals surface area contributed by atoms with Gasteiger partial charge in [0.1, 0.15) is 16.9 Å². The molecular weight excluding hydrogens is 380 g/mol. The van der Waals surface area contributed by atoms with E-state index in [0.717, 1.165) is 21.9 Å². The minimum absolute atomic E-state index is 0.156. The van der Waals surface area contributed by atoms with Crippen LogP contribution in [0.25, 0.3) is 28.0 Å². The quantitative estimate of drug-likeness (QED) is 0.480. The molecule has 0 bridgehead atoms. The lowest BCUT2D eigenvalue weighted by Gasteiger charge is -2.09. The lowest BCUT2D eigenvalue weighted by molar-refractivity contribution is -0.111. The number of nitrogens with one attached hydrogen (secondary N) is 2. The van der Waals surface area contributed by atoms with Crippen molar-refractivity contribution >= 4 is 45.5 Å². The summed E-state index contributed by atoms with van der Waals surface area (Å²) >= 11 is 0. The summed E-state index contributed by atoms with van der Waals surface area (Å²) in [4.78, 5) is 24.0. The first-order valence-corrected chi connectivity index (χ1v) is 9.39. The van der Waals surface area contributed by atoms with E-state index in [0.29, 0.717) is 22.6 Å². The van der Waals surface area contributed by atoms with E-state index in [1.807, 2.05) is 30.3 Å². The molecule has 6 heteroatoms. The monoisotopic (exact) mass is 400 g/mol. The third-order valence-corrected chi connectivity index (χ3v) is 4.78. The number of para-hydroxylation sites is 1. The topological polar surface area (TPSA) is 80.6 Å². The van der Waals surface area contributed by atoms with Gasteiger partial charge in [0.25, 0.3) is 5.91 Å². The average molecular weight is 400 g/mol. The van der Waals surface area contributed by atoms with Gasteiger partial charge in [-0.3, -0.25) is 9.59 Å². The van der Waals surface area contributed by atoms with Crippen LogP contribution in [0.5, 0.6) is 5.75 Å². The molecule has 4 aromatic rings. The fraction of sp³-hybridized carbons (Fsp3) is 0.0833. The van der Waals surface area contributed by atoms with Crippen molar-refractivity contribution in [2.24, 2.45) is 0 Å². The Balaban J connectivity index is 1.55. The van der Waals surface area contributed by atoms with Crippen LogP contribution in [-0.2, 0) is 4.79 Å². The molecule has 6 nitrogen and oxygen atoms in total. The molecule has 2 N–H and O–H groups in total. The van der Waals surface area contributed by atoms with Gasteiger partial charge in [-0.2, -0.15) is 0 Å². The van der Waals surface area contributed by atoms with Crippen molar-refractivity contribution in [3.63, 3.8) is 0 Å². The molecule has 2 amide bonds. The zero-order valence-corrected chi connectivity index (χ0v) is 16.6. The van der Waals surface area contributed by atoms with Crippen molar-refractivity contribution in [1.82, 2.24) is 5.32 Å². The van der Waals surface area contributed by atoms with Crippen molar-refractivity contribution in [3.05, 3.63) is 77.9 Å². The number of carbonyl (C=O) groups is 2. The smallest absolute Gasteiger partial charge is 0.251 e. The number of rotatable bonds is 5. The van der Waals surface area contributed by atoms with Crippen LogP contribution < -0.4 is 15.4 Å². The van der Waals surface area contributed by atoms with Gasteiger partial charge >= 0.3 is 0 Å². The molecule has 0 aliphatic rings. The second-order valence-electron chi connectivity index (χ2n) is 6.67. The van der Waals surface area contributed by atoms with Gasteiger partial charge < -0.3 is 19.8 Å². The number of fused-ring (bicyclic) bond motifs is 3. The maximum Gasteiger partial charge on any atom is 0.251 e. The van der Waals surface area contributed by atoms with E-state index in [1.165, 1.54) is 6.08 Å². The highest BCUT2D eigenvalue weighted by Crippen LogP contribution is 2.36. The average Bonchev–Trinajstić information content (AvgIpc) is 3.14. The molecule has 1 heterocycles. The molecular formula is C24H20N2O4. The van der Waals surface area contributed by atoms with E-state index in [9.17, 15) is 9.59 Å². The van der Waals surface area contributed by atoms with E-state index in [4.69, 9.17) is 9.15 Å². The number of carbonyl (C=O) groups excluding carboxylic acids is 2. The predicted octanol–water partition coefficient (Wildman–Crippen LogP) is 4.61. The van der Waals surface area contributed by atoms with E-state index in [-0.39, 0.29) is 11.8 Å². The molecule has 4 rings (SSSR count). The molecule has 0 saturated carbocycles.